The van der Waals surface area contributed by atoms with Crippen molar-refractivity contribution in [2.24, 2.45) is 0 Å². The summed E-state index contributed by atoms with van der Waals surface area (Å²) in [6, 6.07) is 0. The SMILES string of the molecule is O=c1[nH]c2nc(N(O)O)[nH]c(=O)c2[nH]1. The highest BCUT2D eigenvalue weighted by atomic mass is 16.8. The van der Waals surface area contributed by atoms with Crippen molar-refractivity contribution >= 4 is 17.1 Å². The van der Waals surface area contributed by atoms with Crippen LogP contribution in [0.25, 0.3) is 11.2 Å². The fraction of sp³-hybridized carbons (Fsp3) is 0. The molecule has 2 aromatic heterocycles. The van der Waals surface area contributed by atoms with Gasteiger partial charge in [0.1, 0.15) is 0 Å². The Morgan fingerprint density at radius 2 is 1.86 bits per heavy atom. The van der Waals surface area contributed by atoms with Gasteiger partial charge in [-0.05, 0) is 0 Å². The van der Waals surface area contributed by atoms with Gasteiger partial charge in [0.15, 0.2) is 11.2 Å². The van der Waals surface area contributed by atoms with E-state index in [2.05, 4.69) is 15.0 Å². The van der Waals surface area contributed by atoms with Crippen LogP contribution < -0.4 is 16.5 Å². The molecule has 0 spiro atoms. The number of H-pyrrole nitrogens is 3. The summed E-state index contributed by atoms with van der Waals surface area (Å²) in [5.74, 6) is -0.488. The largest absolute Gasteiger partial charge is 0.325 e. The second-order valence-corrected chi connectivity index (χ2v) is 2.48. The minimum atomic E-state index is -0.684. The Kier molecular flexibility index (Phi) is 1.62. The van der Waals surface area contributed by atoms with E-state index in [1.165, 1.54) is 0 Å². The maximum atomic E-state index is 11.2. The van der Waals surface area contributed by atoms with Crippen molar-refractivity contribution in [1.29, 1.82) is 0 Å². The highest BCUT2D eigenvalue weighted by molar-refractivity contribution is 5.69. The second kappa shape index (κ2) is 2.68. The molecule has 2 rings (SSSR count). The topological polar surface area (TPSA) is 138 Å². The predicted molar refractivity (Wildman–Crippen MR) is 43.4 cm³/mol. The van der Waals surface area contributed by atoms with E-state index < -0.39 is 17.2 Å². The van der Waals surface area contributed by atoms with Crippen LogP contribution in [0.4, 0.5) is 5.95 Å². The van der Waals surface area contributed by atoms with Crippen LogP contribution in [-0.4, -0.2) is 30.4 Å². The highest BCUT2D eigenvalue weighted by Gasteiger charge is 2.09. The standard InChI is InChI=1S/C5H5N5O4/c11-3-1-2(8-5(12)6-1)7-4(9-3)10(13)14/h13-14H,(H3,6,7,8,9,11,12). The van der Waals surface area contributed by atoms with Crippen molar-refractivity contribution in [3.05, 3.63) is 20.8 Å². The van der Waals surface area contributed by atoms with Crippen LogP contribution in [0.2, 0.25) is 0 Å². The van der Waals surface area contributed by atoms with E-state index in [-0.39, 0.29) is 16.4 Å². The average molecular weight is 199 g/mol. The van der Waals surface area contributed by atoms with E-state index >= 15 is 0 Å². The van der Waals surface area contributed by atoms with Crippen LogP contribution in [0.3, 0.4) is 0 Å². The number of nitrogens with zero attached hydrogens (tertiary/aromatic N) is 2. The molecule has 0 bridgehead atoms. The fourth-order valence-electron chi connectivity index (χ4n) is 1.01. The lowest BCUT2D eigenvalue weighted by atomic mass is 10.5. The zero-order chi connectivity index (χ0) is 10.3. The smallest absolute Gasteiger partial charge is 0.300 e. The third kappa shape index (κ3) is 1.16. The summed E-state index contributed by atoms with van der Waals surface area (Å²) >= 11 is 0. The molecule has 9 heteroatoms. The molecule has 74 valence electrons. The minimum absolute atomic E-state index is 0.0538. The highest BCUT2D eigenvalue weighted by Crippen LogP contribution is 2.02. The number of hydrogen-bond acceptors (Lipinski definition) is 6. The summed E-state index contributed by atoms with van der Waals surface area (Å²) in [5.41, 5.74) is -1.39. The van der Waals surface area contributed by atoms with Crippen molar-refractivity contribution in [1.82, 2.24) is 19.9 Å². The number of fused-ring (bicyclic) bond motifs is 1. The van der Waals surface area contributed by atoms with E-state index in [4.69, 9.17) is 10.4 Å². The number of rotatable bonds is 1. The van der Waals surface area contributed by atoms with Gasteiger partial charge in [-0.3, -0.25) is 30.2 Å². The van der Waals surface area contributed by atoms with Crippen LogP contribution in [0.5, 0.6) is 0 Å². The molecular weight excluding hydrogens is 194 g/mol. The Labute approximate surface area is 74.6 Å². The van der Waals surface area contributed by atoms with Crippen molar-refractivity contribution in [3.8, 4) is 0 Å². The minimum Gasteiger partial charge on any atom is -0.300 e. The molecule has 14 heavy (non-hydrogen) atoms. The normalized spacial score (nSPS) is 10.7. The summed E-state index contributed by atoms with van der Waals surface area (Å²) in [4.78, 5) is 31.9. The van der Waals surface area contributed by atoms with Crippen LogP contribution >= 0.6 is 0 Å². The molecule has 0 aliphatic rings. The molecule has 0 saturated carbocycles. The number of aromatic nitrogens is 4. The lowest BCUT2D eigenvalue weighted by Crippen LogP contribution is -2.20. The van der Waals surface area contributed by atoms with Gasteiger partial charge in [-0.25, -0.2) is 4.79 Å². The molecule has 0 aliphatic heterocycles. The maximum Gasteiger partial charge on any atom is 0.325 e. The van der Waals surface area contributed by atoms with Gasteiger partial charge >= 0.3 is 5.69 Å². The van der Waals surface area contributed by atoms with Gasteiger partial charge in [0.05, 0.1) is 0 Å². The Hall–Kier alpha value is -2.13. The molecule has 0 saturated heterocycles. The van der Waals surface area contributed by atoms with E-state index in [1.54, 1.807) is 0 Å². The average Bonchev–Trinajstić information content (AvgIpc) is 2.45. The molecule has 0 radical (unpaired) electrons. The third-order valence-electron chi connectivity index (χ3n) is 1.57. The van der Waals surface area contributed by atoms with E-state index in [9.17, 15) is 9.59 Å². The summed E-state index contributed by atoms with van der Waals surface area (Å²) in [5, 5.41) is 16.8. The number of imidazole rings is 1. The molecule has 0 aromatic carbocycles. The first-order chi connectivity index (χ1) is 6.58. The van der Waals surface area contributed by atoms with Crippen molar-refractivity contribution < 1.29 is 10.4 Å². The predicted octanol–water partition coefficient (Wildman–Crippen LogP) is -1.48. The van der Waals surface area contributed by atoms with Gasteiger partial charge in [0, 0.05) is 0 Å². The Morgan fingerprint density at radius 1 is 1.14 bits per heavy atom. The van der Waals surface area contributed by atoms with Gasteiger partial charge in [0.2, 0.25) is 0 Å². The summed E-state index contributed by atoms with van der Waals surface area (Å²) in [6.45, 7) is 0. The first-order valence-electron chi connectivity index (χ1n) is 3.48. The molecule has 5 N–H and O–H groups in total. The molecule has 0 amide bonds. The van der Waals surface area contributed by atoms with Crippen LogP contribution in [0, 0.1) is 0 Å². The van der Waals surface area contributed by atoms with Gasteiger partial charge in [0.25, 0.3) is 11.5 Å². The summed E-state index contributed by atoms with van der Waals surface area (Å²) < 4.78 is 0. The van der Waals surface area contributed by atoms with Gasteiger partial charge in [-0.1, -0.05) is 5.23 Å². The summed E-state index contributed by atoms with van der Waals surface area (Å²) in [7, 11) is 0. The molecule has 2 aromatic rings. The molecule has 2 heterocycles. The Morgan fingerprint density at radius 3 is 2.50 bits per heavy atom. The van der Waals surface area contributed by atoms with E-state index in [0.29, 0.717) is 0 Å². The third-order valence-corrected chi connectivity index (χ3v) is 1.57. The molecule has 0 unspecified atom stereocenters. The van der Waals surface area contributed by atoms with Crippen molar-refractivity contribution in [2.75, 3.05) is 5.23 Å². The fourth-order valence-corrected chi connectivity index (χ4v) is 1.01. The monoisotopic (exact) mass is 199 g/mol. The first kappa shape index (κ1) is 8.47. The molecule has 9 nitrogen and oxygen atoms in total. The van der Waals surface area contributed by atoms with Crippen LogP contribution in [-0.2, 0) is 0 Å². The number of nitrogens with one attached hydrogen (secondary N) is 3. The Balaban J connectivity index is 2.84. The van der Waals surface area contributed by atoms with E-state index in [1.807, 2.05) is 4.98 Å². The molecule has 0 atom stereocenters. The summed E-state index contributed by atoms with van der Waals surface area (Å²) in [6.07, 6.45) is 0. The molecular formula is C5H5N5O4. The molecule has 0 aliphatic carbocycles. The van der Waals surface area contributed by atoms with E-state index in [0.717, 1.165) is 0 Å². The zero-order valence-electron chi connectivity index (χ0n) is 6.61. The maximum absolute atomic E-state index is 11.2. The quantitative estimate of drug-likeness (QED) is 0.355. The van der Waals surface area contributed by atoms with Gasteiger partial charge in [-0.15, -0.1) is 0 Å². The lowest BCUT2D eigenvalue weighted by molar-refractivity contribution is 0.0242. The number of hydrogen-bond donors (Lipinski definition) is 5. The number of aromatic amines is 3. The van der Waals surface area contributed by atoms with Gasteiger partial charge < -0.3 is 0 Å². The first-order valence-corrected chi connectivity index (χ1v) is 3.48. The lowest BCUT2D eigenvalue weighted by Gasteiger charge is -2.04. The van der Waals surface area contributed by atoms with Crippen molar-refractivity contribution in [3.63, 3.8) is 0 Å². The van der Waals surface area contributed by atoms with Crippen LogP contribution in [0.1, 0.15) is 0 Å². The zero-order valence-corrected chi connectivity index (χ0v) is 6.61. The van der Waals surface area contributed by atoms with Crippen LogP contribution in [0.15, 0.2) is 9.59 Å². The van der Waals surface area contributed by atoms with Gasteiger partial charge in [-0.2, -0.15) is 4.98 Å². The molecule has 0 fully saturated rings. The Bertz CT molecular complexity index is 578. The number of anilines is 1. The van der Waals surface area contributed by atoms with Crippen molar-refractivity contribution in [2.45, 2.75) is 0 Å². The second-order valence-electron chi connectivity index (χ2n) is 2.48.